The Balaban J connectivity index is 1.90. The van der Waals surface area contributed by atoms with Crippen LogP contribution in [-0.4, -0.2) is 36.3 Å². The number of nitrogens with zero attached hydrogens (tertiary/aromatic N) is 2. The lowest BCUT2D eigenvalue weighted by Gasteiger charge is -2.07. The molecule has 1 amide bonds. The van der Waals surface area contributed by atoms with Gasteiger partial charge in [0.2, 0.25) is 0 Å². The molecule has 2 aromatic rings. The van der Waals surface area contributed by atoms with Crippen LogP contribution in [0, 0.1) is 13.8 Å². The van der Waals surface area contributed by atoms with Crippen LogP contribution in [0.5, 0.6) is 0 Å². The molecule has 2 heterocycles. The minimum absolute atomic E-state index is 0.165. The summed E-state index contributed by atoms with van der Waals surface area (Å²) in [6.45, 7) is 5.30. The smallest absolute Gasteiger partial charge is 0.252 e. The molecular formula is C15H20N4O3. The third-order valence-electron chi connectivity index (χ3n) is 3.24. The molecule has 7 heteroatoms. The van der Waals surface area contributed by atoms with Crippen LogP contribution in [0.25, 0.3) is 0 Å². The third-order valence-corrected chi connectivity index (χ3v) is 3.24. The predicted octanol–water partition coefficient (Wildman–Crippen LogP) is 1.67. The van der Waals surface area contributed by atoms with Crippen molar-refractivity contribution in [2.75, 3.05) is 25.6 Å². The summed E-state index contributed by atoms with van der Waals surface area (Å²) in [5.74, 6) is 1.31. The average molecular weight is 304 g/mol. The van der Waals surface area contributed by atoms with E-state index in [9.17, 15) is 4.79 Å². The largest absolute Gasteiger partial charge is 0.383 e. The maximum absolute atomic E-state index is 11.8. The van der Waals surface area contributed by atoms with E-state index in [1.54, 1.807) is 19.2 Å². The number of aromatic nitrogens is 2. The monoisotopic (exact) mass is 304 g/mol. The molecule has 2 rings (SSSR count). The number of pyridine rings is 1. The molecular weight excluding hydrogens is 284 g/mol. The van der Waals surface area contributed by atoms with Crippen LogP contribution in [0.4, 0.5) is 5.82 Å². The first-order valence-corrected chi connectivity index (χ1v) is 7.00. The van der Waals surface area contributed by atoms with E-state index in [0.29, 0.717) is 31.1 Å². The Hall–Kier alpha value is -2.41. The van der Waals surface area contributed by atoms with Crippen molar-refractivity contribution in [1.82, 2.24) is 15.5 Å². The van der Waals surface area contributed by atoms with E-state index in [-0.39, 0.29) is 5.91 Å². The number of carbonyl (C=O) groups excluding carboxylic acids is 1. The second kappa shape index (κ2) is 7.56. The zero-order valence-corrected chi connectivity index (χ0v) is 13.0. The summed E-state index contributed by atoms with van der Waals surface area (Å²) in [6.07, 6.45) is 1.54. The fourth-order valence-electron chi connectivity index (χ4n) is 1.93. The molecule has 0 atom stereocenters. The summed E-state index contributed by atoms with van der Waals surface area (Å²) < 4.78 is 9.99. The summed E-state index contributed by atoms with van der Waals surface area (Å²) >= 11 is 0. The topological polar surface area (TPSA) is 89.3 Å². The van der Waals surface area contributed by atoms with E-state index in [0.717, 1.165) is 17.0 Å². The average Bonchev–Trinajstić information content (AvgIpc) is 2.84. The molecule has 0 aliphatic heterocycles. The van der Waals surface area contributed by atoms with E-state index in [1.165, 1.54) is 6.20 Å². The molecule has 0 spiro atoms. The van der Waals surface area contributed by atoms with Crippen LogP contribution >= 0.6 is 0 Å². The Morgan fingerprint density at radius 2 is 2.18 bits per heavy atom. The van der Waals surface area contributed by atoms with Crippen molar-refractivity contribution in [2.24, 2.45) is 0 Å². The van der Waals surface area contributed by atoms with Gasteiger partial charge in [-0.2, -0.15) is 0 Å². The summed E-state index contributed by atoms with van der Waals surface area (Å²) in [6, 6.07) is 3.49. The van der Waals surface area contributed by atoms with Gasteiger partial charge in [0, 0.05) is 32.0 Å². The number of carbonyl (C=O) groups is 1. The zero-order valence-electron chi connectivity index (χ0n) is 13.0. The van der Waals surface area contributed by atoms with E-state index in [1.807, 2.05) is 13.8 Å². The molecule has 118 valence electrons. The normalized spacial score (nSPS) is 10.5. The number of hydrogen-bond acceptors (Lipinski definition) is 6. The van der Waals surface area contributed by atoms with Gasteiger partial charge in [0.25, 0.3) is 5.91 Å². The summed E-state index contributed by atoms with van der Waals surface area (Å²) in [4.78, 5) is 16.0. The van der Waals surface area contributed by atoms with E-state index >= 15 is 0 Å². The second-order valence-electron chi connectivity index (χ2n) is 4.84. The van der Waals surface area contributed by atoms with Crippen molar-refractivity contribution < 1.29 is 14.1 Å². The highest BCUT2D eigenvalue weighted by atomic mass is 16.5. The van der Waals surface area contributed by atoms with Crippen molar-refractivity contribution >= 4 is 11.7 Å². The zero-order chi connectivity index (χ0) is 15.9. The molecule has 2 aromatic heterocycles. The van der Waals surface area contributed by atoms with Crippen LogP contribution in [0.1, 0.15) is 27.4 Å². The van der Waals surface area contributed by atoms with Crippen LogP contribution in [0.3, 0.4) is 0 Å². The molecule has 0 saturated carbocycles. The quantitative estimate of drug-likeness (QED) is 0.756. The number of nitrogens with one attached hydrogen (secondary N) is 2. The van der Waals surface area contributed by atoms with Crippen LogP contribution in [0.2, 0.25) is 0 Å². The Labute approximate surface area is 129 Å². The molecule has 0 saturated heterocycles. The number of anilines is 1. The lowest BCUT2D eigenvalue weighted by Crippen LogP contribution is -2.27. The van der Waals surface area contributed by atoms with Gasteiger partial charge in [-0.3, -0.25) is 4.79 Å². The van der Waals surface area contributed by atoms with Gasteiger partial charge in [-0.05, 0) is 26.0 Å². The molecule has 2 N–H and O–H groups in total. The van der Waals surface area contributed by atoms with Gasteiger partial charge >= 0.3 is 0 Å². The molecule has 0 radical (unpaired) electrons. The number of methoxy groups -OCH3 is 1. The number of amides is 1. The van der Waals surface area contributed by atoms with Crippen molar-refractivity contribution in [3.63, 3.8) is 0 Å². The van der Waals surface area contributed by atoms with Crippen LogP contribution in [-0.2, 0) is 11.3 Å². The molecule has 0 aromatic carbocycles. The molecule has 0 aliphatic carbocycles. The molecule has 0 fully saturated rings. The SMILES string of the molecule is COCCNC(=O)c1ccc(NCc2c(C)noc2C)nc1. The van der Waals surface area contributed by atoms with E-state index in [2.05, 4.69) is 20.8 Å². The maximum Gasteiger partial charge on any atom is 0.252 e. The molecule has 0 bridgehead atoms. The first-order chi connectivity index (χ1) is 10.6. The van der Waals surface area contributed by atoms with Crippen molar-refractivity contribution in [3.05, 3.63) is 40.9 Å². The van der Waals surface area contributed by atoms with Gasteiger partial charge < -0.3 is 19.9 Å². The van der Waals surface area contributed by atoms with Gasteiger partial charge in [0.1, 0.15) is 11.6 Å². The van der Waals surface area contributed by atoms with Crippen LogP contribution in [0.15, 0.2) is 22.9 Å². The Bertz CT molecular complexity index is 603. The fraction of sp³-hybridized carbons (Fsp3) is 0.400. The standard InChI is InChI=1S/C15H20N4O3/c1-10-13(11(2)22-19-10)9-18-14-5-4-12(8-17-14)15(20)16-6-7-21-3/h4-5,8H,6-7,9H2,1-3H3,(H,16,20)(H,17,18). The number of hydrogen-bond donors (Lipinski definition) is 2. The van der Waals surface area contributed by atoms with Crippen molar-refractivity contribution in [1.29, 1.82) is 0 Å². The highest BCUT2D eigenvalue weighted by Crippen LogP contribution is 2.14. The highest BCUT2D eigenvalue weighted by Gasteiger charge is 2.09. The first kappa shape index (κ1) is 16.0. The second-order valence-corrected chi connectivity index (χ2v) is 4.84. The third kappa shape index (κ3) is 4.05. The lowest BCUT2D eigenvalue weighted by molar-refractivity contribution is 0.0937. The molecule has 0 unspecified atom stereocenters. The van der Waals surface area contributed by atoms with Crippen molar-refractivity contribution in [3.8, 4) is 0 Å². The van der Waals surface area contributed by atoms with E-state index in [4.69, 9.17) is 9.26 Å². The van der Waals surface area contributed by atoms with E-state index < -0.39 is 0 Å². The van der Waals surface area contributed by atoms with Gasteiger partial charge in [0.05, 0.1) is 17.9 Å². The summed E-state index contributed by atoms with van der Waals surface area (Å²) in [5, 5.41) is 9.83. The molecule has 22 heavy (non-hydrogen) atoms. The summed E-state index contributed by atoms with van der Waals surface area (Å²) in [5.41, 5.74) is 2.39. The first-order valence-electron chi connectivity index (χ1n) is 7.00. The Morgan fingerprint density at radius 3 is 2.77 bits per heavy atom. The summed E-state index contributed by atoms with van der Waals surface area (Å²) in [7, 11) is 1.59. The van der Waals surface area contributed by atoms with Gasteiger partial charge in [0.15, 0.2) is 0 Å². The minimum atomic E-state index is -0.165. The van der Waals surface area contributed by atoms with Crippen LogP contribution < -0.4 is 10.6 Å². The number of ether oxygens (including phenoxy) is 1. The van der Waals surface area contributed by atoms with Gasteiger partial charge in [-0.1, -0.05) is 5.16 Å². The minimum Gasteiger partial charge on any atom is -0.383 e. The number of rotatable bonds is 7. The fourth-order valence-corrected chi connectivity index (χ4v) is 1.93. The van der Waals surface area contributed by atoms with Crippen molar-refractivity contribution in [2.45, 2.75) is 20.4 Å². The predicted molar refractivity (Wildman–Crippen MR) is 81.7 cm³/mol. The Morgan fingerprint density at radius 1 is 1.36 bits per heavy atom. The highest BCUT2D eigenvalue weighted by molar-refractivity contribution is 5.94. The maximum atomic E-state index is 11.8. The molecule has 7 nitrogen and oxygen atoms in total. The Kier molecular flexibility index (Phi) is 5.48. The number of aryl methyl sites for hydroxylation is 2. The van der Waals surface area contributed by atoms with Gasteiger partial charge in [-0.15, -0.1) is 0 Å². The van der Waals surface area contributed by atoms with Gasteiger partial charge in [-0.25, -0.2) is 4.98 Å². The lowest BCUT2D eigenvalue weighted by atomic mass is 10.2. The molecule has 0 aliphatic rings.